The van der Waals surface area contributed by atoms with Crippen LogP contribution in [0.5, 0.6) is 0 Å². The van der Waals surface area contributed by atoms with Gasteiger partial charge in [0.25, 0.3) is 5.56 Å². The second-order valence-electron chi connectivity index (χ2n) is 4.67. The van der Waals surface area contributed by atoms with Gasteiger partial charge in [0, 0.05) is 22.1 Å². The highest BCUT2D eigenvalue weighted by molar-refractivity contribution is 9.10. The van der Waals surface area contributed by atoms with Crippen molar-refractivity contribution in [1.82, 2.24) is 9.78 Å². The van der Waals surface area contributed by atoms with Crippen LogP contribution >= 0.6 is 15.9 Å². The van der Waals surface area contributed by atoms with E-state index in [0.717, 1.165) is 15.5 Å². The van der Waals surface area contributed by atoms with Crippen molar-refractivity contribution in [2.45, 2.75) is 6.54 Å². The summed E-state index contributed by atoms with van der Waals surface area (Å²) in [5.41, 5.74) is 0.952. The zero-order valence-electron chi connectivity index (χ0n) is 11.3. The van der Waals surface area contributed by atoms with Crippen molar-refractivity contribution in [3.8, 4) is 0 Å². The fourth-order valence-corrected chi connectivity index (χ4v) is 2.61. The standard InChI is InChI=1S/C16H14BrN3O/c17-14-7-3-4-8-15(14)18-9-10-20-16(21)13-6-2-1-5-12(13)11-19-20/h1-8,11,18H,9-10H2. The molecule has 3 rings (SSSR count). The monoisotopic (exact) mass is 343 g/mol. The maximum atomic E-state index is 12.3. The zero-order chi connectivity index (χ0) is 14.7. The van der Waals surface area contributed by atoms with Crippen molar-refractivity contribution in [3.63, 3.8) is 0 Å². The molecule has 0 aliphatic heterocycles. The van der Waals surface area contributed by atoms with Gasteiger partial charge in [-0.2, -0.15) is 5.10 Å². The van der Waals surface area contributed by atoms with E-state index < -0.39 is 0 Å². The van der Waals surface area contributed by atoms with Crippen molar-refractivity contribution in [3.05, 3.63) is 69.6 Å². The highest BCUT2D eigenvalue weighted by Gasteiger charge is 2.03. The van der Waals surface area contributed by atoms with Crippen molar-refractivity contribution in [1.29, 1.82) is 0 Å². The zero-order valence-corrected chi connectivity index (χ0v) is 12.9. The van der Waals surface area contributed by atoms with Crippen molar-refractivity contribution in [2.75, 3.05) is 11.9 Å². The number of hydrogen-bond donors (Lipinski definition) is 1. The van der Waals surface area contributed by atoms with Crippen LogP contribution in [0.25, 0.3) is 10.8 Å². The molecule has 0 saturated carbocycles. The Morgan fingerprint density at radius 1 is 1.10 bits per heavy atom. The van der Waals surface area contributed by atoms with E-state index in [-0.39, 0.29) is 5.56 Å². The van der Waals surface area contributed by atoms with Crippen LogP contribution in [0.3, 0.4) is 0 Å². The van der Waals surface area contributed by atoms with E-state index in [9.17, 15) is 4.79 Å². The Labute approximate surface area is 130 Å². The Morgan fingerprint density at radius 3 is 2.71 bits per heavy atom. The second-order valence-corrected chi connectivity index (χ2v) is 5.52. The molecule has 1 aromatic heterocycles. The van der Waals surface area contributed by atoms with Crippen molar-refractivity contribution in [2.24, 2.45) is 0 Å². The SMILES string of the molecule is O=c1c2ccccc2cnn1CCNc1ccccc1Br. The normalized spacial score (nSPS) is 10.7. The number of hydrogen-bond acceptors (Lipinski definition) is 3. The van der Waals surface area contributed by atoms with E-state index in [4.69, 9.17) is 0 Å². The number of nitrogens with one attached hydrogen (secondary N) is 1. The molecule has 0 spiro atoms. The third-order valence-electron chi connectivity index (χ3n) is 3.27. The lowest BCUT2D eigenvalue weighted by Crippen LogP contribution is -2.26. The Balaban J connectivity index is 1.76. The number of aromatic nitrogens is 2. The maximum absolute atomic E-state index is 12.3. The summed E-state index contributed by atoms with van der Waals surface area (Å²) in [4.78, 5) is 12.3. The number of nitrogens with zero attached hydrogens (tertiary/aromatic N) is 2. The lowest BCUT2D eigenvalue weighted by atomic mass is 10.2. The van der Waals surface area contributed by atoms with Crippen LogP contribution in [0.4, 0.5) is 5.69 Å². The molecule has 0 saturated heterocycles. The molecule has 106 valence electrons. The Kier molecular flexibility index (Phi) is 4.01. The fraction of sp³-hybridized carbons (Fsp3) is 0.125. The first-order valence-corrected chi connectivity index (χ1v) is 7.48. The molecule has 3 aromatic rings. The first-order valence-electron chi connectivity index (χ1n) is 6.69. The van der Waals surface area contributed by atoms with Gasteiger partial charge >= 0.3 is 0 Å². The minimum absolute atomic E-state index is 0.0537. The molecule has 21 heavy (non-hydrogen) atoms. The van der Waals surface area contributed by atoms with Gasteiger partial charge in [0.15, 0.2) is 0 Å². The molecule has 0 fully saturated rings. The van der Waals surface area contributed by atoms with Crippen molar-refractivity contribution < 1.29 is 0 Å². The van der Waals surface area contributed by atoms with E-state index >= 15 is 0 Å². The van der Waals surface area contributed by atoms with Gasteiger partial charge < -0.3 is 5.32 Å². The van der Waals surface area contributed by atoms with Gasteiger partial charge in [0.1, 0.15) is 0 Å². The molecule has 0 unspecified atom stereocenters. The van der Waals surface area contributed by atoms with E-state index in [1.54, 1.807) is 6.20 Å². The Hall–Kier alpha value is -2.14. The molecule has 0 amide bonds. The van der Waals surface area contributed by atoms with E-state index in [1.807, 2.05) is 48.5 Å². The third-order valence-corrected chi connectivity index (χ3v) is 3.97. The highest BCUT2D eigenvalue weighted by Crippen LogP contribution is 2.20. The average Bonchev–Trinajstić information content (AvgIpc) is 2.52. The summed E-state index contributed by atoms with van der Waals surface area (Å²) in [5.74, 6) is 0. The van der Waals surface area contributed by atoms with E-state index in [0.29, 0.717) is 18.5 Å². The first-order chi connectivity index (χ1) is 10.3. The second kappa shape index (κ2) is 6.10. The van der Waals surface area contributed by atoms with Crippen LogP contribution in [0.2, 0.25) is 0 Å². The lowest BCUT2D eigenvalue weighted by molar-refractivity contribution is 0.604. The largest absolute Gasteiger partial charge is 0.382 e. The molecule has 1 heterocycles. The van der Waals surface area contributed by atoms with Crippen LogP contribution in [0.1, 0.15) is 0 Å². The average molecular weight is 344 g/mol. The van der Waals surface area contributed by atoms with Crippen molar-refractivity contribution >= 4 is 32.4 Å². The predicted octanol–water partition coefficient (Wildman–Crippen LogP) is 3.27. The topological polar surface area (TPSA) is 46.9 Å². The van der Waals surface area contributed by atoms with Gasteiger partial charge in [-0.3, -0.25) is 4.79 Å². The Bertz CT molecular complexity index is 829. The molecule has 0 atom stereocenters. The van der Waals surface area contributed by atoms with Gasteiger partial charge in [0.2, 0.25) is 0 Å². The summed E-state index contributed by atoms with van der Waals surface area (Å²) in [6, 6.07) is 15.4. The van der Waals surface area contributed by atoms with Gasteiger partial charge in [-0.1, -0.05) is 30.3 Å². The van der Waals surface area contributed by atoms with E-state index in [2.05, 4.69) is 26.3 Å². The van der Waals surface area contributed by atoms with Gasteiger partial charge in [0.05, 0.1) is 18.1 Å². The van der Waals surface area contributed by atoms with Crippen LogP contribution < -0.4 is 10.9 Å². The predicted molar refractivity (Wildman–Crippen MR) is 88.6 cm³/mol. The summed E-state index contributed by atoms with van der Waals surface area (Å²) in [6.07, 6.45) is 1.73. The smallest absolute Gasteiger partial charge is 0.274 e. The summed E-state index contributed by atoms with van der Waals surface area (Å²) < 4.78 is 2.50. The molecule has 5 heteroatoms. The van der Waals surface area contributed by atoms with Crippen LogP contribution in [0, 0.1) is 0 Å². The summed E-state index contributed by atoms with van der Waals surface area (Å²) in [6.45, 7) is 1.15. The number of fused-ring (bicyclic) bond motifs is 1. The number of para-hydroxylation sites is 1. The highest BCUT2D eigenvalue weighted by atomic mass is 79.9. The molecular formula is C16H14BrN3O. The number of anilines is 1. The van der Waals surface area contributed by atoms with Gasteiger partial charge in [-0.05, 0) is 34.1 Å². The number of rotatable bonds is 4. The van der Waals surface area contributed by atoms with Crippen LogP contribution in [0.15, 0.2) is 64.0 Å². The van der Waals surface area contributed by atoms with Crippen LogP contribution in [-0.2, 0) is 6.54 Å². The minimum Gasteiger partial charge on any atom is -0.382 e. The van der Waals surface area contributed by atoms with Crippen LogP contribution in [-0.4, -0.2) is 16.3 Å². The Morgan fingerprint density at radius 2 is 1.86 bits per heavy atom. The number of benzene rings is 2. The molecule has 1 N–H and O–H groups in total. The lowest BCUT2D eigenvalue weighted by Gasteiger charge is -2.09. The quantitative estimate of drug-likeness (QED) is 0.790. The molecule has 0 radical (unpaired) electrons. The molecule has 2 aromatic carbocycles. The molecule has 4 nitrogen and oxygen atoms in total. The molecule has 0 bridgehead atoms. The maximum Gasteiger partial charge on any atom is 0.274 e. The number of halogens is 1. The summed E-state index contributed by atoms with van der Waals surface area (Å²) in [5, 5.41) is 9.08. The first kappa shape index (κ1) is 13.8. The minimum atomic E-state index is -0.0537. The van der Waals surface area contributed by atoms with E-state index in [1.165, 1.54) is 4.68 Å². The summed E-state index contributed by atoms with van der Waals surface area (Å²) in [7, 11) is 0. The third kappa shape index (κ3) is 2.97. The molecular weight excluding hydrogens is 330 g/mol. The van der Waals surface area contributed by atoms with Gasteiger partial charge in [-0.25, -0.2) is 4.68 Å². The van der Waals surface area contributed by atoms with Gasteiger partial charge in [-0.15, -0.1) is 0 Å². The molecule has 0 aliphatic carbocycles. The molecule has 0 aliphatic rings. The summed E-state index contributed by atoms with van der Waals surface area (Å²) >= 11 is 3.48. The fourth-order valence-electron chi connectivity index (χ4n) is 2.19.